The van der Waals surface area contributed by atoms with Gasteiger partial charge in [0.15, 0.2) is 5.13 Å². The van der Waals surface area contributed by atoms with Crippen molar-refractivity contribution in [2.24, 2.45) is 5.73 Å². The van der Waals surface area contributed by atoms with Crippen molar-refractivity contribution in [2.45, 2.75) is 12.5 Å². The number of anilines is 1. The predicted molar refractivity (Wildman–Crippen MR) is 75.3 cm³/mol. The summed E-state index contributed by atoms with van der Waals surface area (Å²) in [5, 5.41) is 14.0. The summed E-state index contributed by atoms with van der Waals surface area (Å²) in [6, 6.07) is 5.46. The van der Waals surface area contributed by atoms with Gasteiger partial charge in [0, 0.05) is 11.9 Å². The number of halogens is 1. The number of aliphatic carboxylic acids is 1. The number of carbonyl (C=O) groups is 1. The smallest absolute Gasteiger partial charge is 0.326 e. The molecule has 1 aromatic heterocycles. The number of aromatic nitrogens is 1. The molecule has 0 spiro atoms. The molecule has 0 aliphatic heterocycles. The molecule has 0 aliphatic rings. The third-order valence-electron chi connectivity index (χ3n) is 2.74. The van der Waals surface area contributed by atoms with Crippen LogP contribution < -0.4 is 11.1 Å². The summed E-state index contributed by atoms with van der Waals surface area (Å²) in [5.74, 6) is -1.35. The molecule has 0 amide bonds. The molecular formula is C13H14FN3O2S. The van der Waals surface area contributed by atoms with Gasteiger partial charge < -0.3 is 16.2 Å². The van der Waals surface area contributed by atoms with Crippen LogP contribution in [0.4, 0.5) is 9.52 Å². The first-order valence-electron chi connectivity index (χ1n) is 5.99. The first-order valence-corrected chi connectivity index (χ1v) is 6.87. The first kappa shape index (κ1) is 14.4. The summed E-state index contributed by atoms with van der Waals surface area (Å²) in [6.45, 7) is 0.510. The average molecular weight is 295 g/mol. The van der Waals surface area contributed by atoms with Gasteiger partial charge in [-0.05, 0) is 18.1 Å². The molecule has 0 aliphatic carbocycles. The number of thiazole rings is 1. The zero-order valence-corrected chi connectivity index (χ0v) is 11.4. The molecule has 1 aromatic carbocycles. The van der Waals surface area contributed by atoms with Crippen LogP contribution in [0.5, 0.6) is 0 Å². The Hall–Kier alpha value is -1.99. The van der Waals surface area contributed by atoms with Crippen LogP contribution in [0.3, 0.4) is 0 Å². The molecule has 1 unspecified atom stereocenters. The van der Waals surface area contributed by atoms with Gasteiger partial charge in [-0.15, -0.1) is 11.3 Å². The summed E-state index contributed by atoms with van der Waals surface area (Å²) >= 11 is 1.28. The zero-order chi connectivity index (χ0) is 14.5. The van der Waals surface area contributed by atoms with Gasteiger partial charge in [-0.2, -0.15) is 0 Å². The number of rotatable bonds is 6. The van der Waals surface area contributed by atoms with Crippen LogP contribution in [0, 0.1) is 5.82 Å². The normalized spacial score (nSPS) is 12.1. The minimum Gasteiger partial charge on any atom is -0.480 e. The standard InChI is InChI=1S/C13H14FN3O2S/c14-9-4-2-1-3-8(9)5-6-16-13-17-10(7-20-13)11(15)12(18)19/h1-4,7,11H,5-6,15H2,(H,16,17)(H,18,19). The SMILES string of the molecule is NC(C(=O)O)c1csc(NCCc2ccccc2F)n1. The van der Waals surface area contributed by atoms with Crippen molar-refractivity contribution in [3.8, 4) is 0 Å². The van der Waals surface area contributed by atoms with Crippen molar-refractivity contribution in [2.75, 3.05) is 11.9 Å². The number of carboxylic acid groups (broad SMARTS) is 1. The molecule has 2 aromatic rings. The fourth-order valence-corrected chi connectivity index (χ4v) is 2.42. The Labute approximate surface area is 119 Å². The molecule has 1 atom stereocenters. The van der Waals surface area contributed by atoms with Gasteiger partial charge in [0.05, 0.1) is 5.69 Å². The third-order valence-corrected chi connectivity index (χ3v) is 3.55. The molecule has 2 rings (SSSR count). The second kappa shape index (κ2) is 6.44. The topological polar surface area (TPSA) is 88.2 Å². The molecule has 0 radical (unpaired) electrons. The van der Waals surface area contributed by atoms with Crippen LogP contribution in [0.1, 0.15) is 17.3 Å². The van der Waals surface area contributed by atoms with Gasteiger partial charge in [0.2, 0.25) is 0 Å². The van der Waals surface area contributed by atoms with Crippen molar-refractivity contribution >= 4 is 22.4 Å². The van der Waals surface area contributed by atoms with Gasteiger partial charge in [0.25, 0.3) is 0 Å². The van der Waals surface area contributed by atoms with E-state index in [1.54, 1.807) is 23.6 Å². The van der Waals surface area contributed by atoms with Gasteiger partial charge >= 0.3 is 5.97 Å². The second-order valence-corrected chi connectivity index (χ2v) is 5.02. The average Bonchev–Trinajstić information content (AvgIpc) is 2.88. The summed E-state index contributed by atoms with van der Waals surface area (Å²) < 4.78 is 13.4. The number of nitrogens with one attached hydrogen (secondary N) is 1. The van der Waals surface area contributed by atoms with Crippen LogP contribution in [0.25, 0.3) is 0 Å². The maximum atomic E-state index is 13.4. The monoisotopic (exact) mass is 295 g/mol. The molecule has 7 heteroatoms. The van der Waals surface area contributed by atoms with Crippen LogP contribution >= 0.6 is 11.3 Å². The van der Waals surface area contributed by atoms with Gasteiger partial charge in [-0.3, -0.25) is 4.79 Å². The maximum absolute atomic E-state index is 13.4. The molecule has 0 bridgehead atoms. The van der Waals surface area contributed by atoms with E-state index in [1.807, 2.05) is 0 Å². The van der Waals surface area contributed by atoms with Crippen LogP contribution in [0.2, 0.25) is 0 Å². The third kappa shape index (κ3) is 3.52. The molecule has 1 heterocycles. The zero-order valence-electron chi connectivity index (χ0n) is 10.5. The Morgan fingerprint density at radius 2 is 2.25 bits per heavy atom. The highest BCUT2D eigenvalue weighted by atomic mass is 32.1. The molecule has 5 nitrogen and oxygen atoms in total. The fourth-order valence-electron chi connectivity index (χ4n) is 1.64. The van der Waals surface area contributed by atoms with E-state index >= 15 is 0 Å². The van der Waals surface area contributed by atoms with Crippen molar-refractivity contribution < 1.29 is 14.3 Å². The highest BCUT2D eigenvalue weighted by molar-refractivity contribution is 7.13. The highest BCUT2D eigenvalue weighted by Gasteiger charge is 2.17. The van der Waals surface area contributed by atoms with E-state index in [0.717, 1.165) is 0 Å². The molecule has 0 fully saturated rings. The second-order valence-electron chi connectivity index (χ2n) is 4.16. The van der Waals surface area contributed by atoms with Crippen molar-refractivity contribution in [1.29, 1.82) is 0 Å². The number of benzene rings is 1. The molecule has 106 valence electrons. The molecule has 20 heavy (non-hydrogen) atoms. The van der Waals surface area contributed by atoms with E-state index in [1.165, 1.54) is 17.4 Å². The van der Waals surface area contributed by atoms with Crippen LogP contribution in [0.15, 0.2) is 29.6 Å². The van der Waals surface area contributed by atoms with E-state index in [2.05, 4.69) is 10.3 Å². The largest absolute Gasteiger partial charge is 0.480 e. The summed E-state index contributed by atoms with van der Waals surface area (Å²) in [5.41, 5.74) is 6.40. The predicted octanol–water partition coefficient (Wildman–Crippen LogP) is 2.02. The minimum absolute atomic E-state index is 0.234. The number of hydrogen-bond donors (Lipinski definition) is 3. The van der Waals surface area contributed by atoms with Crippen LogP contribution in [-0.2, 0) is 11.2 Å². The Bertz CT molecular complexity index is 603. The van der Waals surface area contributed by atoms with Crippen molar-refractivity contribution in [3.05, 3.63) is 46.7 Å². The van der Waals surface area contributed by atoms with E-state index in [-0.39, 0.29) is 5.82 Å². The number of nitrogens with zero attached hydrogens (tertiary/aromatic N) is 1. The molecular weight excluding hydrogens is 281 g/mol. The van der Waals surface area contributed by atoms with E-state index < -0.39 is 12.0 Å². The lowest BCUT2D eigenvalue weighted by atomic mass is 10.1. The van der Waals surface area contributed by atoms with Gasteiger partial charge in [0.1, 0.15) is 11.9 Å². The first-order chi connectivity index (χ1) is 9.58. The fraction of sp³-hybridized carbons (Fsp3) is 0.231. The quantitative estimate of drug-likeness (QED) is 0.759. The van der Waals surface area contributed by atoms with E-state index in [9.17, 15) is 9.18 Å². The molecule has 0 saturated heterocycles. The number of nitrogens with two attached hydrogens (primary N) is 1. The lowest BCUT2D eigenvalue weighted by Gasteiger charge is -2.04. The van der Waals surface area contributed by atoms with Gasteiger partial charge in [-0.1, -0.05) is 18.2 Å². The Balaban J connectivity index is 1.89. The Morgan fingerprint density at radius 3 is 2.95 bits per heavy atom. The van der Waals surface area contributed by atoms with E-state index in [0.29, 0.717) is 29.4 Å². The Morgan fingerprint density at radius 1 is 1.50 bits per heavy atom. The van der Waals surface area contributed by atoms with Gasteiger partial charge in [-0.25, -0.2) is 9.37 Å². The molecule has 0 saturated carbocycles. The summed E-state index contributed by atoms with van der Waals surface area (Å²) in [7, 11) is 0. The number of hydrogen-bond acceptors (Lipinski definition) is 5. The lowest BCUT2D eigenvalue weighted by Crippen LogP contribution is -2.21. The van der Waals surface area contributed by atoms with Crippen molar-refractivity contribution in [1.82, 2.24) is 4.98 Å². The summed E-state index contributed by atoms with van der Waals surface area (Å²) in [4.78, 5) is 14.8. The van der Waals surface area contributed by atoms with Crippen molar-refractivity contribution in [3.63, 3.8) is 0 Å². The highest BCUT2D eigenvalue weighted by Crippen LogP contribution is 2.19. The van der Waals surface area contributed by atoms with E-state index in [4.69, 9.17) is 10.8 Å². The number of carboxylic acids is 1. The molecule has 4 N–H and O–H groups in total. The van der Waals surface area contributed by atoms with Crippen LogP contribution in [-0.4, -0.2) is 22.6 Å². The summed E-state index contributed by atoms with van der Waals surface area (Å²) in [6.07, 6.45) is 0.520. The maximum Gasteiger partial charge on any atom is 0.326 e. The Kier molecular flexibility index (Phi) is 4.65. The lowest BCUT2D eigenvalue weighted by molar-refractivity contribution is -0.138. The minimum atomic E-state index is -1.12.